The van der Waals surface area contributed by atoms with Gasteiger partial charge in [0.2, 0.25) is 0 Å². The third kappa shape index (κ3) is 2.84. The molecule has 0 atom stereocenters. The van der Waals surface area contributed by atoms with Gasteiger partial charge in [0.1, 0.15) is 5.75 Å². The fourth-order valence-electron chi connectivity index (χ4n) is 3.79. The molecule has 0 bridgehead atoms. The summed E-state index contributed by atoms with van der Waals surface area (Å²) in [5.74, 6) is 0.946. The normalized spacial score (nSPS) is 22.9. The van der Waals surface area contributed by atoms with Crippen LogP contribution in [-0.4, -0.2) is 37.2 Å². The Kier molecular flexibility index (Phi) is 4.27. The van der Waals surface area contributed by atoms with Gasteiger partial charge in [0.05, 0.1) is 7.11 Å². The Balaban J connectivity index is 1.72. The number of benzene rings is 1. The van der Waals surface area contributed by atoms with Crippen LogP contribution in [0.5, 0.6) is 5.75 Å². The number of nitrogens with zero attached hydrogens (tertiary/aromatic N) is 1. The molecule has 2 fully saturated rings. The van der Waals surface area contributed by atoms with Gasteiger partial charge < -0.3 is 10.1 Å². The molecule has 1 aromatic rings. The smallest absolute Gasteiger partial charge is 0.118 e. The lowest BCUT2D eigenvalue weighted by molar-refractivity contribution is 0.0209. The molecule has 1 saturated heterocycles. The van der Waals surface area contributed by atoms with Crippen molar-refractivity contribution in [2.24, 2.45) is 0 Å². The molecule has 1 saturated carbocycles. The molecule has 1 N–H and O–H groups in total. The van der Waals surface area contributed by atoms with Gasteiger partial charge in [0, 0.05) is 31.7 Å². The van der Waals surface area contributed by atoms with Gasteiger partial charge in [0.15, 0.2) is 0 Å². The van der Waals surface area contributed by atoms with Crippen molar-refractivity contribution in [3.63, 3.8) is 0 Å². The van der Waals surface area contributed by atoms with Crippen molar-refractivity contribution < 1.29 is 4.74 Å². The van der Waals surface area contributed by atoms with Crippen LogP contribution >= 0.6 is 0 Å². The summed E-state index contributed by atoms with van der Waals surface area (Å²) in [6.07, 6.45) is 6.91. The van der Waals surface area contributed by atoms with Gasteiger partial charge in [-0.3, -0.25) is 4.90 Å². The highest BCUT2D eigenvalue weighted by atomic mass is 16.5. The number of hydrogen-bond donors (Lipinski definition) is 1. The zero-order valence-electron chi connectivity index (χ0n) is 12.5. The Morgan fingerprint density at radius 2 is 1.90 bits per heavy atom. The molecule has 20 heavy (non-hydrogen) atoms. The standard InChI is InChI=1S/C17H26N2O/c1-20-16-7-5-15(6-8-16)13-19-12-11-18-14-17(19)9-3-2-4-10-17/h5-8,18H,2-4,9-14H2,1H3. The number of nitrogens with one attached hydrogen (secondary N) is 1. The summed E-state index contributed by atoms with van der Waals surface area (Å²) in [4.78, 5) is 2.73. The third-order valence-corrected chi connectivity index (χ3v) is 5.00. The minimum absolute atomic E-state index is 0.413. The van der Waals surface area contributed by atoms with Crippen molar-refractivity contribution in [2.45, 2.75) is 44.2 Å². The maximum Gasteiger partial charge on any atom is 0.118 e. The first-order valence-corrected chi connectivity index (χ1v) is 7.91. The Bertz CT molecular complexity index is 415. The van der Waals surface area contributed by atoms with Crippen molar-refractivity contribution in [1.29, 1.82) is 0 Å². The van der Waals surface area contributed by atoms with Crippen molar-refractivity contribution in [2.75, 3.05) is 26.7 Å². The van der Waals surface area contributed by atoms with Crippen LogP contribution in [0.1, 0.15) is 37.7 Å². The van der Waals surface area contributed by atoms with Crippen LogP contribution in [0.3, 0.4) is 0 Å². The Morgan fingerprint density at radius 3 is 2.60 bits per heavy atom. The largest absolute Gasteiger partial charge is 0.497 e. The zero-order valence-corrected chi connectivity index (χ0v) is 12.5. The minimum Gasteiger partial charge on any atom is -0.497 e. The number of hydrogen-bond acceptors (Lipinski definition) is 3. The van der Waals surface area contributed by atoms with E-state index in [1.54, 1.807) is 7.11 Å². The minimum atomic E-state index is 0.413. The van der Waals surface area contributed by atoms with Gasteiger partial charge in [-0.2, -0.15) is 0 Å². The second-order valence-corrected chi connectivity index (χ2v) is 6.23. The van der Waals surface area contributed by atoms with Gasteiger partial charge >= 0.3 is 0 Å². The van der Waals surface area contributed by atoms with Gasteiger partial charge in [0.25, 0.3) is 0 Å². The van der Waals surface area contributed by atoms with Crippen molar-refractivity contribution >= 4 is 0 Å². The molecule has 0 unspecified atom stereocenters. The lowest BCUT2D eigenvalue weighted by atomic mass is 9.79. The molecular weight excluding hydrogens is 248 g/mol. The summed E-state index contributed by atoms with van der Waals surface area (Å²) in [5, 5.41) is 3.62. The number of piperazine rings is 1. The molecule has 0 radical (unpaired) electrons. The summed E-state index contributed by atoms with van der Waals surface area (Å²) in [6, 6.07) is 8.56. The van der Waals surface area contributed by atoms with E-state index in [0.717, 1.165) is 18.8 Å². The highest BCUT2D eigenvalue weighted by molar-refractivity contribution is 5.27. The average molecular weight is 274 g/mol. The quantitative estimate of drug-likeness (QED) is 0.917. The van der Waals surface area contributed by atoms with Crippen LogP contribution in [0.4, 0.5) is 0 Å². The van der Waals surface area contributed by atoms with E-state index < -0.39 is 0 Å². The van der Waals surface area contributed by atoms with Crippen molar-refractivity contribution in [3.05, 3.63) is 29.8 Å². The van der Waals surface area contributed by atoms with E-state index in [4.69, 9.17) is 4.74 Å². The summed E-state index contributed by atoms with van der Waals surface area (Å²) in [5.41, 5.74) is 1.81. The lowest BCUT2D eigenvalue weighted by Gasteiger charge is -2.50. The molecule has 0 aromatic heterocycles. The van der Waals surface area contributed by atoms with Crippen LogP contribution in [0.25, 0.3) is 0 Å². The summed E-state index contributed by atoms with van der Waals surface area (Å²) in [6.45, 7) is 4.54. The predicted molar refractivity (Wildman–Crippen MR) is 82.1 cm³/mol. The summed E-state index contributed by atoms with van der Waals surface area (Å²) in [7, 11) is 1.72. The van der Waals surface area contributed by atoms with Crippen LogP contribution in [0.2, 0.25) is 0 Å². The molecule has 1 aliphatic carbocycles. The molecule has 110 valence electrons. The Morgan fingerprint density at radius 1 is 1.15 bits per heavy atom. The average Bonchev–Trinajstić information content (AvgIpc) is 2.51. The first kappa shape index (κ1) is 13.9. The molecule has 1 spiro atoms. The second kappa shape index (κ2) is 6.15. The van der Waals surface area contributed by atoms with Gasteiger partial charge in [-0.1, -0.05) is 31.4 Å². The van der Waals surface area contributed by atoms with E-state index in [0.29, 0.717) is 5.54 Å². The van der Waals surface area contributed by atoms with Gasteiger partial charge in [-0.25, -0.2) is 0 Å². The monoisotopic (exact) mass is 274 g/mol. The second-order valence-electron chi connectivity index (χ2n) is 6.23. The summed E-state index contributed by atoms with van der Waals surface area (Å²) >= 11 is 0. The number of rotatable bonds is 3. The maximum atomic E-state index is 5.25. The van der Waals surface area contributed by atoms with Crippen LogP contribution < -0.4 is 10.1 Å². The highest BCUT2D eigenvalue weighted by Crippen LogP contribution is 2.35. The predicted octanol–water partition coefficient (Wildman–Crippen LogP) is 2.80. The SMILES string of the molecule is COc1ccc(CN2CCNCC23CCCCC3)cc1. The van der Waals surface area contributed by atoms with E-state index >= 15 is 0 Å². The molecule has 3 nitrogen and oxygen atoms in total. The van der Waals surface area contributed by atoms with E-state index in [1.807, 2.05) is 0 Å². The van der Waals surface area contributed by atoms with E-state index in [2.05, 4.69) is 34.5 Å². The molecule has 0 amide bonds. The first-order valence-electron chi connectivity index (χ1n) is 7.91. The Hall–Kier alpha value is -1.06. The number of methoxy groups -OCH3 is 1. The third-order valence-electron chi connectivity index (χ3n) is 5.00. The van der Waals surface area contributed by atoms with Crippen molar-refractivity contribution in [3.8, 4) is 5.75 Å². The van der Waals surface area contributed by atoms with E-state index in [-0.39, 0.29) is 0 Å². The molecule has 2 aliphatic rings. The zero-order chi connectivity index (χ0) is 13.8. The van der Waals surface area contributed by atoms with Crippen LogP contribution in [0.15, 0.2) is 24.3 Å². The Labute approximate surface area is 122 Å². The summed E-state index contributed by atoms with van der Waals surface area (Å²) < 4.78 is 5.25. The highest BCUT2D eigenvalue weighted by Gasteiger charge is 2.39. The molecule has 1 heterocycles. The number of ether oxygens (including phenoxy) is 1. The topological polar surface area (TPSA) is 24.5 Å². The van der Waals surface area contributed by atoms with Crippen LogP contribution in [0, 0.1) is 0 Å². The first-order chi connectivity index (χ1) is 9.82. The molecule has 1 aliphatic heterocycles. The molecule has 1 aromatic carbocycles. The van der Waals surface area contributed by atoms with E-state index in [9.17, 15) is 0 Å². The molecule has 3 heteroatoms. The van der Waals surface area contributed by atoms with Gasteiger partial charge in [-0.05, 0) is 30.5 Å². The maximum absolute atomic E-state index is 5.25. The van der Waals surface area contributed by atoms with Crippen LogP contribution in [-0.2, 0) is 6.54 Å². The lowest BCUT2D eigenvalue weighted by Crippen LogP contribution is -2.61. The fourth-order valence-corrected chi connectivity index (χ4v) is 3.79. The molecular formula is C17H26N2O. The van der Waals surface area contributed by atoms with Crippen molar-refractivity contribution in [1.82, 2.24) is 10.2 Å². The fraction of sp³-hybridized carbons (Fsp3) is 0.647. The molecule has 3 rings (SSSR count). The van der Waals surface area contributed by atoms with E-state index in [1.165, 1.54) is 50.8 Å². The van der Waals surface area contributed by atoms with Gasteiger partial charge in [-0.15, -0.1) is 0 Å².